The Kier molecular flexibility index (Phi) is 5.00. The molecule has 4 heteroatoms. The van der Waals surface area contributed by atoms with Gasteiger partial charge in [0.2, 0.25) is 0 Å². The van der Waals surface area contributed by atoms with Gasteiger partial charge in [-0.2, -0.15) is 0 Å². The fraction of sp³-hybridized carbons (Fsp3) is 0.769. The quantitative estimate of drug-likeness (QED) is 0.769. The highest BCUT2D eigenvalue weighted by atomic mass is 16.6. The predicted molar refractivity (Wildman–Crippen MR) is 66.9 cm³/mol. The molecule has 0 saturated heterocycles. The highest BCUT2D eigenvalue weighted by Crippen LogP contribution is 2.18. The van der Waals surface area contributed by atoms with Crippen LogP contribution in [0.1, 0.15) is 34.1 Å². The normalized spacial score (nSPS) is 23.8. The van der Waals surface area contributed by atoms with E-state index in [0.717, 1.165) is 19.6 Å². The Morgan fingerprint density at radius 2 is 2.12 bits per heavy atom. The highest BCUT2D eigenvalue weighted by Gasteiger charge is 2.23. The van der Waals surface area contributed by atoms with Gasteiger partial charge in [-0.25, -0.2) is 4.79 Å². The number of carbonyl (C=O) groups excluding carboxylic acids is 1. The van der Waals surface area contributed by atoms with Crippen LogP contribution in [0.15, 0.2) is 12.2 Å². The maximum absolute atomic E-state index is 11.5. The molecule has 1 amide bonds. The Morgan fingerprint density at radius 3 is 2.71 bits per heavy atom. The summed E-state index contributed by atoms with van der Waals surface area (Å²) < 4.78 is 10.6. The molecule has 2 atom stereocenters. The standard InChI is InChI=1S/C13H23NO3/c1-5-16-9-10-6-7-11(8-10)14-12(15)17-13(2,3)4/h6-7,10-11H,5,8-9H2,1-4H3,(H,14,15)/t10-,11+/m0/s1. The molecule has 0 aromatic rings. The maximum Gasteiger partial charge on any atom is 0.408 e. The molecule has 1 rings (SSSR count). The van der Waals surface area contributed by atoms with Crippen molar-refractivity contribution >= 4 is 6.09 Å². The van der Waals surface area contributed by atoms with Crippen LogP contribution in [-0.2, 0) is 9.47 Å². The predicted octanol–water partition coefficient (Wildman–Crippen LogP) is 2.49. The zero-order chi connectivity index (χ0) is 12.9. The number of hydrogen-bond donors (Lipinski definition) is 1. The topological polar surface area (TPSA) is 47.6 Å². The van der Waals surface area contributed by atoms with Crippen molar-refractivity contribution in [1.29, 1.82) is 0 Å². The minimum atomic E-state index is -0.447. The second kappa shape index (κ2) is 6.05. The van der Waals surface area contributed by atoms with Gasteiger partial charge in [-0.3, -0.25) is 0 Å². The number of ether oxygens (including phenoxy) is 2. The van der Waals surface area contributed by atoms with Gasteiger partial charge in [0, 0.05) is 12.5 Å². The van der Waals surface area contributed by atoms with Crippen LogP contribution in [0, 0.1) is 5.92 Å². The smallest absolute Gasteiger partial charge is 0.408 e. The van der Waals surface area contributed by atoms with Crippen LogP contribution in [0.4, 0.5) is 4.79 Å². The summed E-state index contributed by atoms with van der Waals surface area (Å²) in [6, 6.07) is 0.0651. The lowest BCUT2D eigenvalue weighted by atomic mass is 10.1. The Morgan fingerprint density at radius 1 is 1.41 bits per heavy atom. The van der Waals surface area contributed by atoms with Gasteiger partial charge in [0.1, 0.15) is 5.60 Å². The van der Waals surface area contributed by atoms with Crippen molar-refractivity contribution < 1.29 is 14.3 Å². The summed E-state index contributed by atoms with van der Waals surface area (Å²) in [5, 5.41) is 2.84. The van der Waals surface area contributed by atoms with Crippen molar-refractivity contribution in [3.05, 3.63) is 12.2 Å². The summed E-state index contributed by atoms with van der Waals surface area (Å²) in [6.07, 6.45) is 4.63. The van der Waals surface area contributed by atoms with Crippen molar-refractivity contribution in [3.63, 3.8) is 0 Å². The first-order valence-corrected chi connectivity index (χ1v) is 6.16. The Hall–Kier alpha value is -1.03. The van der Waals surface area contributed by atoms with Crippen LogP contribution in [-0.4, -0.2) is 30.9 Å². The Balaban J connectivity index is 2.26. The summed E-state index contributed by atoms with van der Waals surface area (Å²) in [5.74, 6) is 0.398. The molecule has 0 heterocycles. The Bertz CT molecular complexity index is 281. The van der Waals surface area contributed by atoms with Crippen molar-refractivity contribution in [1.82, 2.24) is 5.32 Å². The molecule has 0 spiro atoms. The van der Waals surface area contributed by atoms with E-state index in [9.17, 15) is 4.79 Å². The van der Waals surface area contributed by atoms with E-state index in [2.05, 4.69) is 11.4 Å². The molecule has 0 aromatic carbocycles. The molecule has 4 nitrogen and oxygen atoms in total. The molecule has 0 saturated carbocycles. The van der Waals surface area contributed by atoms with Crippen LogP contribution < -0.4 is 5.32 Å². The number of hydrogen-bond acceptors (Lipinski definition) is 3. The van der Waals surface area contributed by atoms with Gasteiger partial charge in [0.25, 0.3) is 0 Å². The van der Waals surface area contributed by atoms with Crippen LogP contribution in [0.5, 0.6) is 0 Å². The lowest BCUT2D eigenvalue weighted by molar-refractivity contribution is 0.0508. The third-order valence-electron chi connectivity index (χ3n) is 2.41. The zero-order valence-corrected chi connectivity index (χ0v) is 11.2. The second-order valence-corrected chi connectivity index (χ2v) is 5.29. The molecular weight excluding hydrogens is 218 g/mol. The monoisotopic (exact) mass is 241 g/mol. The molecule has 0 unspecified atom stereocenters. The summed E-state index contributed by atoms with van der Waals surface area (Å²) in [4.78, 5) is 11.5. The SMILES string of the molecule is CCOC[C@H]1C=C[C@@H](NC(=O)OC(C)(C)C)C1. The van der Waals surface area contributed by atoms with Gasteiger partial charge in [0.15, 0.2) is 0 Å². The van der Waals surface area contributed by atoms with Crippen LogP contribution in [0.25, 0.3) is 0 Å². The van der Waals surface area contributed by atoms with Gasteiger partial charge < -0.3 is 14.8 Å². The summed E-state index contributed by atoms with van der Waals surface area (Å²) in [5.41, 5.74) is -0.447. The van der Waals surface area contributed by atoms with E-state index in [1.807, 2.05) is 33.8 Å². The van der Waals surface area contributed by atoms with Gasteiger partial charge in [-0.15, -0.1) is 0 Å². The third-order valence-corrected chi connectivity index (χ3v) is 2.41. The molecule has 0 bridgehead atoms. The summed E-state index contributed by atoms with van der Waals surface area (Å²) in [6.45, 7) is 9.00. The first-order chi connectivity index (χ1) is 7.90. The number of carbonyl (C=O) groups is 1. The van der Waals surface area contributed by atoms with Gasteiger partial charge >= 0.3 is 6.09 Å². The van der Waals surface area contributed by atoms with Crippen molar-refractivity contribution in [2.45, 2.75) is 45.8 Å². The second-order valence-electron chi connectivity index (χ2n) is 5.29. The van der Waals surface area contributed by atoms with Crippen molar-refractivity contribution in [2.24, 2.45) is 5.92 Å². The van der Waals surface area contributed by atoms with E-state index in [-0.39, 0.29) is 12.1 Å². The molecule has 0 fully saturated rings. The van der Waals surface area contributed by atoms with E-state index >= 15 is 0 Å². The molecule has 1 aliphatic rings. The van der Waals surface area contributed by atoms with Crippen molar-refractivity contribution in [3.8, 4) is 0 Å². The molecule has 0 aliphatic heterocycles. The van der Waals surface area contributed by atoms with Crippen molar-refractivity contribution in [2.75, 3.05) is 13.2 Å². The zero-order valence-electron chi connectivity index (χ0n) is 11.2. The molecule has 1 aliphatic carbocycles. The minimum absolute atomic E-state index is 0.0651. The average Bonchev–Trinajstić information content (AvgIpc) is 2.59. The van der Waals surface area contributed by atoms with E-state index in [1.165, 1.54) is 0 Å². The summed E-state index contributed by atoms with van der Waals surface area (Å²) >= 11 is 0. The van der Waals surface area contributed by atoms with Crippen LogP contribution in [0.2, 0.25) is 0 Å². The fourth-order valence-corrected chi connectivity index (χ4v) is 1.73. The molecule has 17 heavy (non-hydrogen) atoms. The highest BCUT2D eigenvalue weighted by molar-refractivity contribution is 5.68. The lowest BCUT2D eigenvalue weighted by Crippen LogP contribution is -2.37. The number of rotatable bonds is 4. The molecule has 1 N–H and O–H groups in total. The molecule has 0 radical (unpaired) electrons. The van der Waals surface area contributed by atoms with E-state index < -0.39 is 5.60 Å². The van der Waals surface area contributed by atoms with Gasteiger partial charge in [-0.05, 0) is 34.1 Å². The average molecular weight is 241 g/mol. The summed E-state index contributed by atoms with van der Waals surface area (Å²) in [7, 11) is 0. The molecule has 0 aromatic heterocycles. The number of nitrogens with one attached hydrogen (secondary N) is 1. The molecular formula is C13H23NO3. The molecule has 98 valence electrons. The largest absolute Gasteiger partial charge is 0.444 e. The first-order valence-electron chi connectivity index (χ1n) is 6.16. The first kappa shape index (κ1) is 14.0. The maximum atomic E-state index is 11.5. The number of alkyl carbamates (subject to hydrolysis) is 1. The fourth-order valence-electron chi connectivity index (χ4n) is 1.73. The minimum Gasteiger partial charge on any atom is -0.444 e. The Labute approximate surface area is 103 Å². The van der Waals surface area contributed by atoms with Crippen LogP contribution in [0.3, 0.4) is 0 Å². The van der Waals surface area contributed by atoms with Gasteiger partial charge in [0.05, 0.1) is 12.6 Å². The van der Waals surface area contributed by atoms with E-state index in [4.69, 9.17) is 9.47 Å². The number of amides is 1. The van der Waals surface area contributed by atoms with E-state index in [1.54, 1.807) is 0 Å². The van der Waals surface area contributed by atoms with Gasteiger partial charge in [-0.1, -0.05) is 12.2 Å². The third kappa shape index (κ3) is 5.73. The lowest BCUT2D eigenvalue weighted by Gasteiger charge is -2.21. The van der Waals surface area contributed by atoms with Crippen LogP contribution >= 0.6 is 0 Å². The van der Waals surface area contributed by atoms with E-state index in [0.29, 0.717) is 5.92 Å².